The lowest BCUT2D eigenvalue weighted by atomic mass is 10.2. The van der Waals surface area contributed by atoms with Gasteiger partial charge in [0.1, 0.15) is 0 Å². The quantitative estimate of drug-likeness (QED) is 0.878. The van der Waals surface area contributed by atoms with Gasteiger partial charge in [0.2, 0.25) is 5.90 Å². The Bertz CT molecular complexity index is 693. The molecule has 0 bridgehead atoms. The second-order valence-electron chi connectivity index (χ2n) is 4.32. The van der Waals surface area contributed by atoms with Gasteiger partial charge in [-0.3, -0.25) is 4.79 Å². The number of azo groups is 1. The number of hydrogen-bond donors (Lipinski definition) is 1. The molecule has 1 N–H and O–H groups in total. The number of nitrogens with one attached hydrogen (secondary N) is 1. The monoisotopic (exact) mass is 280 g/mol. The first kappa shape index (κ1) is 13.0. The normalized spacial score (nSPS) is 14.5. The minimum absolute atomic E-state index is 0.0195. The molecular formula is C15H12N4O2. The lowest BCUT2D eigenvalue weighted by Gasteiger charge is -2.13. The number of benzene rings is 2. The number of nitrogens with zero attached hydrogens (tertiary/aromatic N) is 3. The first-order valence-electron chi connectivity index (χ1n) is 6.38. The molecule has 6 nitrogen and oxygen atoms in total. The maximum absolute atomic E-state index is 10.9. The Kier molecular flexibility index (Phi) is 3.68. The standard InChI is InChI=1S/C15H12N4O2/c20-14-10-21-15(19-18-14)11-6-8-13(9-7-11)17-16-12-4-2-1-3-5-12/h1-9H,10H2,(H,18,20). The van der Waals surface area contributed by atoms with Crippen molar-refractivity contribution in [2.24, 2.45) is 15.3 Å². The maximum Gasteiger partial charge on any atom is 0.278 e. The molecule has 1 aliphatic rings. The average Bonchev–Trinajstić information content (AvgIpc) is 2.55. The minimum Gasteiger partial charge on any atom is -0.466 e. The fourth-order valence-electron chi connectivity index (χ4n) is 1.74. The summed E-state index contributed by atoms with van der Waals surface area (Å²) in [6, 6.07) is 16.8. The first-order chi connectivity index (χ1) is 10.3. The number of amides is 1. The summed E-state index contributed by atoms with van der Waals surface area (Å²) >= 11 is 0. The highest BCUT2D eigenvalue weighted by molar-refractivity contribution is 5.98. The van der Waals surface area contributed by atoms with Gasteiger partial charge in [-0.1, -0.05) is 18.2 Å². The average molecular weight is 280 g/mol. The highest BCUT2D eigenvalue weighted by atomic mass is 16.5. The zero-order valence-electron chi connectivity index (χ0n) is 11.1. The number of rotatable bonds is 3. The first-order valence-corrected chi connectivity index (χ1v) is 6.38. The Labute approximate surface area is 121 Å². The van der Waals surface area contributed by atoms with Crippen LogP contribution in [0.4, 0.5) is 11.4 Å². The van der Waals surface area contributed by atoms with E-state index in [0.29, 0.717) is 5.90 Å². The molecule has 104 valence electrons. The fraction of sp³-hybridized carbons (Fsp3) is 0.0667. The second kappa shape index (κ2) is 5.96. The molecule has 0 fully saturated rings. The van der Waals surface area contributed by atoms with Crippen LogP contribution < -0.4 is 5.43 Å². The van der Waals surface area contributed by atoms with Crippen LogP contribution >= 0.6 is 0 Å². The second-order valence-corrected chi connectivity index (χ2v) is 4.32. The van der Waals surface area contributed by atoms with E-state index in [1.54, 1.807) is 0 Å². The van der Waals surface area contributed by atoms with E-state index in [2.05, 4.69) is 20.8 Å². The number of carbonyl (C=O) groups excluding carboxylic acids is 1. The molecule has 0 radical (unpaired) electrons. The van der Waals surface area contributed by atoms with E-state index in [-0.39, 0.29) is 12.5 Å². The summed E-state index contributed by atoms with van der Waals surface area (Å²) in [5.41, 5.74) is 4.67. The Balaban J connectivity index is 1.73. The molecule has 1 heterocycles. The Hall–Kier alpha value is -3.02. The SMILES string of the molecule is O=C1COC(c2ccc(N=Nc3ccccc3)cc2)=NN1. The van der Waals surface area contributed by atoms with Crippen molar-refractivity contribution in [3.8, 4) is 0 Å². The van der Waals surface area contributed by atoms with Gasteiger partial charge in [-0.15, -0.1) is 5.10 Å². The van der Waals surface area contributed by atoms with Gasteiger partial charge in [-0.25, -0.2) is 5.43 Å². The van der Waals surface area contributed by atoms with Crippen molar-refractivity contribution in [3.63, 3.8) is 0 Å². The van der Waals surface area contributed by atoms with Crippen molar-refractivity contribution in [3.05, 3.63) is 60.2 Å². The van der Waals surface area contributed by atoms with Crippen LogP contribution in [0.1, 0.15) is 5.56 Å². The molecule has 21 heavy (non-hydrogen) atoms. The van der Waals surface area contributed by atoms with Crippen LogP contribution in [0.15, 0.2) is 69.9 Å². The van der Waals surface area contributed by atoms with Crippen LogP contribution in [0.2, 0.25) is 0 Å². The number of hydrazone groups is 1. The van der Waals surface area contributed by atoms with Crippen LogP contribution in [0, 0.1) is 0 Å². The molecule has 3 rings (SSSR count). The molecule has 0 aromatic heterocycles. The third-order valence-electron chi connectivity index (χ3n) is 2.77. The predicted octanol–water partition coefficient (Wildman–Crippen LogP) is 2.91. The highest BCUT2D eigenvalue weighted by Crippen LogP contribution is 2.18. The number of carbonyl (C=O) groups is 1. The lowest BCUT2D eigenvalue weighted by molar-refractivity contribution is -0.124. The number of hydrogen-bond acceptors (Lipinski definition) is 5. The molecule has 1 aliphatic heterocycles. The Morgan fingerprint density at radius 2 is 1.62 bits per heavy atom. The van der Waals surface area contributed by atoms with Crippen LogP contribution in [-0.4, -0.2) is 18.4 Å². The Morgan fingerprint density at radius 1 is 0.952 bits per heavy atom. The van der Waals surface area contributed by atoms with Gasteiger partial charge in [-0.2, -0.15) is 10.2 Å². The van der Waals surface area contributed by atoms with Crippen molar-refractivity contribution in [2.75, 3.05) is 6.61 Å². The fourth-order valence-corrected chi connectivity index (χ4v) is 1.74. The van der Waals surface area contributed by atoms with Crippen molar-refractivity contribution in [1.29, 1.82) is 0 Å². The van der Waals surface area contributed by atoms with E-state index in [0.717, 1.165) is 16.9 Å². The summed E-state index contributed by atoms with van der Waals surface area (Å²) in [5.74, 6) is 0.133. The van der Waals surface area contributed by atoms with Gasteiger partial charge in [0, 0.05) is 5.56 Å². The molecule has 0 unspecified atom stereocenters. The Morgan fingerprint density at radius 3 is 2.24 bits per heavy atom. The molecule has 0 saturated carbocycles. The predicted molar refractivity (Wildman–Crippen MR) is 77.7 cm³/mol. The molecule has 1 amide bonds. The van der Waals surface area contributed by atoms with Gasteiger partial charge in [0.05, 0.1) is 11.4 Å². The van der Waals surface area contributed by atoms with Gasteiger partial charge in [-0.05, 0) is 36.4 Å². The minimum atomic E-state index is -0.257. The molecular weight excluding hydrogens is 268 g/mol. The van der Waals surface area contributed by atoms with E-state index < -0.39 is 0 Å². The molecule has 2 aromatic carbocycles. The van der Waals surface area contributed by atoms with Crippen molar-refractivity contribution < 1.29 is 9.53 Å². The van der Waals surface area contributed by atoms with E-state index in [9.17, 15) is 4.79 Å². The molecule has 0 aliphatic carbocycles. The summed E-state index contributed by atoms with van der Waals surface area (Å²) in [6.45, 7) is -0.0195. The van der Waals surface area contributed by atoms with Gasteiger partial charge in [0.25, 0.3) is 5.91 Å². The molecule has 0 spiro atoms. The molecule has 0 atom stereocenters. The molecule has 0 saturated heterocycles. The number of ether oxygens (including phenoxy) is 1. The van der Waals surface area contributed by atoms with Crippen LogP contribution in [0.5, 0.6) is 0 Å². The zero-order chi connectivity index (χ0) is 14.5. The van der Waals surface area contributed by atoms with Gasteiger partial charge < -0.3 is 4.74 Å². The van der Waals surface area contributed by atoms with Crippen molar-refractivity contribution in [1.82, 2.24) is 5.43 Å². The van der Waals surface area contributed by atoms with Gasteiger partial charge >= 0.3 is 0 Å². The molecule has 2 aromatic rings. The summed E-state index contributed by atoms with van der Waals surface area (Å²) in [5, 5.41) is 12.1. The summed E-state index contributed by atoms with van der Waals surface area (Å²) in [4.78, 5) is 10.9. The van der Waals surface area contributed by atoms with E-state index >= 15 is 0 Å². The van der Waals surface area contributed by atoms with E-state index in [1.807, 2.05) is 54.6 Å². The van der Waals surface area contributed by atoms with Crippen molar-refractivity contribution in [2.45, 2.75) is 0 Å². The topological polar surface area (TPSA) is 75.4 Å². The molecule has 6 heteroatoms. The lowest BCUT2D eigenvalue weighted by Crippen LogP contribution is -2.32. The third kappa shape index (κ3) is 3.30. The third-order valence-corrected chi connectivity index (χ3v) is 2.77. The summed E-state index contributed by atoms with van der Waals surface area (Å²) in [7, 11) is 0. The smallest absolute Gasteiger partial charge is 0.278 e. The van der Waals surface area contributed by atoms with Crippen molar-refractivity contribution >= 4 is 23.2 Å². The highest BCUT2D eigenvalue weighted by Gasteiger charge is 2.13. The maximum atomic E-state index is 10.9. The largest absolute Gasteiger partial charge is 0.466 e. The summed E-state index contributed by atoms with van der Waals surface area (Å²) < 4.78 is 5.23. The van der Waals surface area contributed by atoms with E-state index in [4.69, 9.17) is 4.74 Å². The van der Waals surface area contributed by atoms with Crippen LogP contribution in [0.3, 0.4) is 0 Å². The van der Waals surface area contributed by atoms with Crippen LogP contribution in [-0.2, 0) is 9.53 Å². The summed E-state index contributed by atoms with van der Waals surface area (Å²) in [6.07, 6.45) is 0. The zero-order valence-corrected chi connectivity index (χ0v) is 11.1. The van der Waals surface area contributed by atoms with E-state index in [1.165, 1.54) is 0 Å². The van der Waals surface area contributed by atoms with Gasteiger partial charge in [0.15, 0.2) is 6.61 Å². The van der Waals surface area contributed by atoms with Crippen LogP contribution in [0.25, 0.3) is 0 Å².